The number of Topliss-reactive ketones (excluding diaryl/α,β-unsaturated/α-hetero) is 1. The summed E-state index contributed by atoms with van der Waals surface area (Å²) < 4.78 is 0. The van der Waals surface area contributed by atoms with Gasteiger partial charge in [-0.25, -0.2) is 0 Å². The maximum atomic E-state index is 11.7. The van der Waals surface area contributed by atoms with Gasteiger partial charge >= 0.3 is 0 Å². The van der Waals surface area contributed by atoms with E-state index in [9.17, 15) is 9.90 Å². The van der Waals surface area contributed by atoms with E-state index in [-0.39, 0.29) is 6.42 Å². The van der Waals surface area contributed by atoms with E-state index >= 15 is 0 Å². The summed E-state index contributed by atoms with van der Waals surface area (Å²) >= 11 is 0. The second-order valence-electron chi connectivity index (χ2n) is 7.11. The monoisotopic (exact) mass is 356 g/mol. The lowest BCUT2D eigenvalue weighted by Gasteiger charge is -2.21. The Morgan fingerprint density at radius 3 is 1.68 bits per heavy atom. The number of carbonyl (C=O) groups excluding carboxylic acids is 1. The van der Waals surface area contributed by atoms with E-state index in [0.717, 1.165) is 19.3 Å². The van der Waals surface area contributed by atoms with Gasteiger partial charge in [0, 0.05) is 6.42 Å². The van der Waals surface area contributed by atoms with Crippen molar-refractivity contribution in [2.24, 2.45) is 0 Å². The quantitative estimate of drug-likeness (QED) is 0.253. The number of aliphatic hydroxyl groups is 3. The molecule has 4 nitrogen and oxygen atoms in total. The number of hydrogen-bond donors (Lipinski definition) is 3. The first-order valence-electron chi connectivity index (χ1n) is 10.2. The molecule has 0 radical (unpaired) electrons. The van der Waals surface area contributed by atoms with Crippen molar-refractivity contribution in [1.29, 1.82) is 0 Å². The molecule has 0 aromatic rings. The summed E-state index contributed by atoms with van der Waals surface area (Å²) in [6.45, 7) is 0.809. The van der Waals surface area contributed by atoms with Crippen LogP contribution in [-0.2, 0) is 4.79 Å². The van der Waals surface area contributed by atoms with Gasteiger partial charge in [-0.3, -0.25) is 4.79 Å². The Kier molecular flexibility index (Phi) is 16.3. The van der Waals surface area contributed by atoms with E-state index in [1.165, 1.54) is 57.8 Å². The number of hydrogen-bond acceptors (Lipinski definition) is 4. The van der Waals surface area contributed by atoms with Crippen LogP contribution in [0.2, 0.25) is 0 Å². The Hall–Kier alpha value is -0.710. The number of unbranched alkanes of at least 4 members (excludes halogenated alkanes) is 11. The van der Waals surface area contributed by atoms with Crippen molar-refractivity contribution in [3.63, 3.8) is 0 Å². The van der Waals surface area contributed by atoms with Crippen molar-refractivity contribution in [3.05, 3.63) is 12.2 Å². The molecule has 0 aliphatic carbocycles. The van der Waals surface area contributed by atoms with Crippen LogP contribution in [0.5, 0.6) is 0 Å². The third-order valence-electron chi connectivity index (χ3n) is 4.71. The van der Waals surface area contributed by atoms with Crippen LogP contribution in [0.15, 0.2) is 12.2 Å². The Morgan fingerprint density at radius 1 is 0.760 bits per heavy atom. The first-order valence-corrected chi connectivity index (χ1v) is 10.2. The number of carbonyl (C=O) groups is 1. The van der Waals surface area contributed by atoms with Gasteiger partial charge in [0.05, 0.1) is 13.2 Å². The number of aliphatic hydroxyl groups excluding tert-OH is 2. The fourth-order valence-electron chi connectivity index (χ4n) is 2.82. The highest BCUT2D eigenvalue weighted by Gasteiger charge is 2.33. The Balaban J connectivity index is 3.40. The molecule has 25 heavy (non-hydrogen) atoms. The summed E-state index contributed by atoms with van der Waals surface area (Å²) in [4.78, 5) is 11.7. The third kappa shape index (κ3) is 13.2. The molecule has 0 saturated heterocycles. The third-order valence-corrected chi connectivity index (χ3v) is 4.71. The molecule has 4 heteroatoms. The summed E-state index contributed by atoms with van der Waals surface area (Å²) in [6, 6.07) is 0. The Bertz CT molecular complexity index is 335. The largest absolute Gasteiger partial charge is 0.393 e. The highest BCUT2D eigenvalue weighted by molar-refractivity contribution is 5.87. The summed E-state index contributed by atoms with van der Waals surface area (Å²) in [7, 11) is 0. The Morgan fingerprint density at radius 2 is 1.20 bits per heavy atom. The maximum absolute atomic E-state index is 11.7. The van der Waals surface area contributed by atoms with Crippen molar-refractivity contribution < 1.29 is 20.1 Å². The molecule has 0 unspecified atom stereocenters. The normalized spacial score (nSPS) is 12.2. The van der Waals surface area contributed by atoms with Crippen molar-refractivity contribution in [3.8, 4) is 0 Å². The molecule has 0 aliphatic rings. The maximum Gasteiger partial charge on any atom is 0.169 e. The van der Waals surface area contributed by atoms with E-state index in [2.05, 4.69) is 19.1 Å². The molecule has 148 valence electrons. The van der Waals surface area contributed by atoms with E-state index in [4.69, 9.17) is 10.2 Å². The summed E-state index contributed by atoms with van der Waals surface area (Å²) in [5, 5.41) is 27.5. The molecule has 0 saturated carbocycles. The second kappa shape index (κ2) is 16.7. The van der Waals surface area contributed by atoms with Gasteiger partial charge in [0.15, 0.2) is 11.4 Å². The Labute approximate surface area is 154 Å². The molecule has 0 atom stereocenters. The van der Waals surface area contributed by atoms with E-state index in [1.54, 1.807) is 0 Å². The van der Waals surface area contributed by atoms with Gasteiger partial charge in [0.25, 0.3) is 0 Å². The van der Waals surface area contributed by atoms with Gasteiger partial charge in [-0.1, -0.05) is 70.4 Å². The number of ketones is 1. The average molecular weight is 357 g/mol. The van der Waals surface area contributed by atoms with Crippen LogP contribution >= 0.6 is 0 Å². The van der Waals surface area contributed by atoms with Gasteiger partial charge in [0.2, 0.25) is 0 Å². The number of rotatable bonds is 18. The van der Waals surface area contributed by atoms with Gasteiger partial charge < -0.3 is 15.3 Å². The van der Waals surface area contributed by atoms with E-state index in [0.29, 0.717) is 6.42 Å². The van der Waals surface area contributed by atoms with Crippen molar-refractivity contribution in [2.45, 2.75) is 102 Å². The summed E-state index contributed by atoms with van der Waals surface area (Å²) in [5.41, 5.74) is -1.97. The molecule has 3 N–H and O–H groups in total. The predicted molar refractivity (Wildman–Crippen MR) is 104 cm³/mol. The molecule has 0 spiro atoms. The molecular formula is C21H40O4. The zero-order valence-corrected chi connectivity index (χ0v) is 16.2. The van der Waals surface area contributed by atoms with Gasteiger partial charge in [-0.15, -0.1) is 0 Å². The summed E-state index contributed by atoms with van der Waals surface area (Å²) in [5.74, 6) is -0.476. The lowest BCUT2D eigenvalue weighted by Crippen LogP contribution is -2.45. The van der Waals surface area contributed by atoms with Crippen molar-refractivity contribution >= 4 is 5.78 Å². The molecule has 0 amide bonds. The van der Waals surface area contributed by atoms with Crippen molar-refractivity contribution in [2.75, 3.05) is 13.2 Å². The number of allylic oxidation sites excluding steroid dienone is 2. The molecule has 0 bridgehead atoms. The zero-order chi connectivity index (χ0) is 18.8. The second-order valence-corrected chi connectivity index (χ2v) is 7.11. The standard InChI is InChI=1S/C21H40O4/c1-2-3-4-5-6-7-8-9-10-11-12-13-14-15-16-17-20(24)21(25,18-22)19-23/h12-13,22-23,25H,2-11,14-19H2,1H3/b13-12-. The average Bonchev–Trinajstić information content (AvgIpc) is 2.63. The van der Waals surface area contributed by atoms with E-state index < -0.39 is 24.6 Å². The van der Waals surface area contributed by atoms with Gasteiger partial charge in [-0.2, -0.15) is 0 Å². The first-order chi connectivity index (χ1) is 12.1. The smallest absolute Gasteiger partial charge is 0.169 e. The fourth-order valence-corrected chi connectivity index (χ4v) is 2.82. The molecular weight excluding hydrogens is 316 g/mol. The van der Waals surface area contributed by atoms with Crippen LogP contribution in [0, 0.1) is 0 Å². The SMILES string of the molecule is CCCCCCCCCCC/C=C\CCCCC(=O)C(O)(CO)CO. The minimum absolute atomic E-state index is 0.198. The van der Waals surface area contributed by atoms with Crippen LogP contribution in [0.1, 0.15) is 96.8 Å². The van der Waals surface area contributed by atoms with Crippen LogP contribution in [0.4, 0.5) is 0 Å². The van der Waals surface area contributed by atoms with E-state index in [1.807, 2.05) is 0 Å². The minimum atomic E-state index is -1.97. The highest BCUT2D eigenvalue weighted by Crippen LogP contribution is 2.12. The lowest BCUT2D eigenvalue weighted by molar-refractivity contribution is -0.146. The predicted octanol–water partition coefficient (Wildman–Crippen LogP) is 4.31. The molecule has 0 fully saturated rings. The van der Waals surface area contributed by atoms with Crippen LogP contribution < -0.4 is 0 Å². The fraction of sp³-hybridized carbons (Fsp3) is 0.857. The molecule has 0 rings (SSSR count). The van der Waals surface area contributed by atoms with Gasteiger partial charge in [0.1, 0.15) is 0 Å². The molecule has 0 aromatic heterocycles. The topological polar surface area (TPSA) is 77.8 Å². The molecule has 0 heterocycles. The summed E-state index contributed by atoms with van der Waals surface area (Å²) in [6.07, 6.45) is 20.3. The lowest BCUT2D eigenvalue weighted by atomic mass is 9.96. The minimum Gasteiger partial charge on any atom is -0.393 e. The molecule has 0 aromatic carbocycles. The molecule has 0 aliphatic heterocycles. The van der Waals surface area contributed by atoms with Crippen LogP contribution in [0.3, 0.4) is 0 Å². The van der Waals surface area contributed by atoms with Crippen LogP contribution in [0.25, 0.3) is 0 Å². The first kappa shape index (κ1) is 24.3. The highest BCUT2D eigenvalue weighted by atomic mass is 16.4. The van der Waals surface area contributed by atoms with Crippen LogP contribution in [-0.4, -0.2) is 39.9 Å². The zero-order valence-electron chi connectivity index (χ0n) is 16.2. The van der Waals surface area contributed by atoms with Crippen molar-refractivity contribution in [1.82, 2.24) is 0 Å². The van der Waals surface area contributed by atoms with Gasteiger partial charge in [-0.05, 0) is 32.1 Å².